The molecule has 3 aromatic rings. The molecule has 3 heterocycles. The van der Waals surface area contributed by atoms with Crippen molar-refractivity contribution in [3.8, 4) is 11.5 Å². The van der Waals surface area contributed by atoms with Gasteiger partial charge in [-0.1, -0.05) is 0 Å². The van der Waals surface area contributed by atoms with Gasteiger partial charge in [-0.2, -0.15) is 14.4 Å². The fraction of sp³-hybridized carbons (Fsp3) is 0.267. The van der Waals surface area contributed by atoms with E-state index in [1.54, 1.807) is 0 Å². The minimum Gasteiger partial charge on any atom is -0.454 e. The Bertz CT molecular complexity index is 1200. The van der Waals surface area contributed by atoms with Gasteiger partial charge in [-0.25, -0.2) is 18.5 Å². The molecule has 10 nitrogen and oxygen atoms in total. The standard InChI is InChI=1S/C15H14FIN6O4S/c16-15-21-13(18)12-14(22-15)23(1-2-28(19,24)25)11(20-12)4-7-3-9-10(5-8(7)17)27-6-26-9/h3,5H,1-2,4,6H2,(H2,18,21,22)(H2,19,24,25). The summed E-state index contributed by atoms with van der Waals surface area (Å²) in [5, 5.41) is 5.12. The lowest BCUT2D eigenvalue weighted by Gasteiger charge is -2.10. The molecule has 0 saturated heterocycles. The molecular formula is C15H14FIN6O4S. The van der Waals surface area contributed by atoms with Crippen LogP contribution < -0.4 is 20.3 Å². The van der Waals surface area contributed by atoms with Crippen LogP contribution in [0, 0.1) is 9.65 Å². The van der Waals surface area contributed by atoms with Crippen molar-refractivity contribution in [2.24, 2.45) is 5.14 Å². The number of anilines is 1. The number of aromatic nitrogens is 4. The van der Waals surface area contributed by atoms with Crippen LogP contribution >= 0.6 is 22.6 Å². The Morgan fingerprint density at radius 1 is 1.21 bits per heavy atom. The van der Waals surface area contributed by atoms with Crippen LogP contribution in [0.15, 0.2) is 12.1 Å². The van der Waals surface area contributed by atoms with Crippen LogP contribution in [0.25, 0.3) is 11.2 Å². The topological polar surface area (TPSA) is 148 Å². The highest BCUT2D eigenvalue weighted by Gasteiger charge is 2.21. The molecule has 1 aliphatic rings. The lowest BCUT2D eigenvalue weighted by atomic mass is 10.1. The number of primary sulfonamides is 1. The number of ether oxygens (including phenoxy) is 2. The largest absolute Gasteiger partial charge is 0.454 e. The Kier molecular flexibility index (Phi) is 4.75. The molecule has 1 aromatic carbocycles. The molecule has 0 fully saturated rings. The Hall–Kier alpha value is -2.26. The minimum absolute atomic E-state index is 0.0539. The monoisotopic (exact) mass is 520 g/mol. The number of halogens is 2. The zero-order valence-corrected chi connectivity index (χ0v) is 17.2. The van der Waals surface area contributed by atoms with Crippen molar-refractivity contribution in [1.29, 1.82) is 0 Å². The lowest BCUT2D eigenvalue weighted by Crippen LogP contribution is -2.21. The minimum atomic E-state index is -3.75. The summed E-state index contributed by atoms with van der Waals surface area (Å²) < 4.78 is 49.7. The second-order valence-electron chi connectivity index (χ2n) is 6.07. The maximum Gasteiger partial charge on any atom is 0.312 e. The number of nitrogen functional groups attached to an aromatic ring is 1. The molecule has 0 aliphatic carbocycles. The number of aryl methyl sites for hydroxylation is 1. The second kappa shape index (κ2) is 6.97. The van der Waals surface area contributed by atoms with Gasteiger partial charge in [0.05, 0.1) is 5.75 Å². The van der Waals surface area contributed by atoms with Gasteiger partial charge in [-0.15, -0.1) is 0 Å². The fourth-order valence-electron chi connectivity index (χ4n) is 2.89. The van der Waals surface area contributed by atoms with Gasteiger partial charge in [0.1, 0.15) is 5.82 Å². The quantitative estimate of drug-likeness (QED) is 0.370. The van der Waals surface area contributed by atoms with Gasteiger partial charge in [0.25, 0.3) is 0 Å². The van der Waals surface area contributed by atoms with E-state index in [4.69, 9.17) is 20.3 Å². The first kappa shape index (κ1) is 19.1. The van der Waals surface area contributed by atoms with Gasteiger partial charge in [-0.05, 0) is 40.3 Å². The van der Waals surface area contributed by atoms with Crippen LogP contribution in [0.4, 0.5) is 10.2 Å². The number of imidazole rings is 1. The molecule has 4 N–H and O–H groups in total. The van der Waals surface area contributed by atoms with E-state index in [0.29, 0.717) is 23.7 Å². The van der Waals surface area contributed by atoms with E-state index in [0.717, 1.165) is 9.13 Å². The van der Waals surface area contributed by atoms with Gasteiger partial charge in [0.15, 0.2) is 28.5 Å². The summed E-state index contributed by atoms with van der Waals surface area (Å²) in [6.07, 6.45) is -0.720. The molecule has 148 valence electrons. The molecule has 4 rings (SSSR count). The highest BCUT2D eigenvalue weighted by atomic mass is 127. The summed E-state index contributed by atoms with van der Waals surface area (Å²) in [5.41, 5.74) is 6.94. The Morgan fingerprint density at radius 2 is 1.93 bits per heavy atom. The predicted molar refractivity (Wildman–Crippen MR) is 106 cm³/mol. The molecule has 1 aliphatic heterocycles. The average molecular weight is 520 g/mol. The molecule has 2 aromatic heterocycles. The fourth-order valence-corrected chi connectivity index (χ4v) is 3.96. The molecule has 0 unspecified atom stereocenters. The Labute approximate surface area is 172 Å². The van der Waals surface area contributed by atoms with E-state index in [1.165, 1.54) is 4.57 Å². The maximum absolute atomic E-state index is 13.7. The zero-order chi connectivity index (χ0) is 20.1. The van der Waals surface area contributed by atoms with Crippen molar-refractivity contribution in [3.05, 3.63) is 33.2 Å². The number of benzene rings is 1. The molecule has 0 bridgehead atoms. The van der Waals surface area contributed by atoms with Crippen molar-refractivity contribution >= 4 is 49.6 Å². The lowest BCUT2D eigenvalue weighted by molar-refractivity contribution is 0.174. The van der Waals surface area contributed by atoms with E-state index in [1.807, 2.05) is 12.1 Å². The first-order chi connectivity index (χ1) is 13.2. The van der Waals surface area contributed by atoms with E-state index in [9.17, 15) is 12.8 Å². The molecular weight excluding hydrogens is 506 g/mol. The number of hydrogen-bond acceptors (Lipinski definition) is 8. The molecule has 0 radical (unpaired) electrons. The van der Waals surface area contributed by atoms with Gasteiger partial charge < -0.3 is 19.8 Å². The molecule has 28 heavy (non-hydrogen) atoms. The SMILES string of the molecule is Nc1nc(F)nc2c1nc(Cc1cc3c(cc1I)OCO3)n2CCS(N)(=O)=O. The summed E-state index contributed by atoms with van der Waals surface area (Å²) in [5.74, 6) is 1.21. The van der Waals surface area contributed by atoms with Crippen molar-refractivity contribution in [2.75, 3.05) is 18.3 Å². The Morgan fingerprint density at radius 3 is 2.64 bits per heavy atom. The van der Waals surface area contributed by atoms with Gasteiger partial charge in [0, 0.05) is 16.5 Å². The van der Waals surface area contributed by atoms with Crippen LogP contribution in [-0.2, 0) is 23.0 Å². The predicted octanol–water partition coefficient (Wildman–Crippen LogP) is 0.760. The first-order valence-corrected chi connectivity index (χ1v) is 10.8. The number of nitrogens with two attached hydrogens (primary N) is 2. The van der Waals surface area contributed by atoms with E-state index >= 15 is 0 Å². The zero-order valence-electron chi connectivity index (χ0n) is 14.2. The second-order valence-corrected chi connectivity index (χ2v) is 8.97. The third kappa shape index (κ3) is 3.68. The summed E-state index contributed by atoms with van der Waals surface area (Å²) in [6.45, 7) is 0.0921. The van der Waals surface area contributed by atoms with Crippen LogP contribution in [0.2, 0.25) is 0 Å². The smallest absolute Gasteiger partial charge is 0.312 e. The van der Waals surface area contributed by atoms with Crippen molar-refractivity contribution in [3.63, 3.8) is 0 Å². The number of rotatable bonds is 5. The summed E-state index contributed by atoms with van der Waals surface area (Å²) >= 11 is 2.16. The van der Waals surface area contributed by atoms with Crippen LogP contribution in [0.1, 0.15) is 11.4 Å². The highest BCUT2D eigenvalue weighted by Crippen LogP contribution is 2.36. The van der Waals surface area contributed by atoms with E-state index in [-0.39, 0.29) is 36.1 Å². The number of hydrogen-bond donors (Lipinski definition) is 2. The van der Waals surface area contributed by atoms with Crippen LogP contribution in [0.5, 0.6) is 11.5 Å². The maximum atomic E-state index is 13.7. The summed E-state index contributed by atoms with van der Waals surface area (Å²) in [7, 11) is -3.75. The summed E-state index contributed by atoms with van der Waals surface area (Å²) in [4.78, 5) is 11.6. The van der Waals surface area contributed by atoms with Gasteiger partial charge in [-0.3, -0.25) is 0 Å². The Balaban J connectivity index is 1.80. The molecule has 0 spiro atoms. The number of sulfonamides is 1. The number of nitrogens with zero attached hydrogens (tertiary/aromatic N) is 4. The third-order valence-corrected chi connectivity index (χ3v) is 5.92. The highest BCUT2D eigenvalue weighted by molar-refractivity contribution is 14.1. The van der Waals surface area contributed by atoms with Gasteiger partial charge in [0.2, 0.25) is 16.8 Å². The first-order valence-electron chi connectivity index (χ1n) is 7.98. The van der Waals surface area contributed by atoms with Crippen molar-refractivity contribution in [2.45, 2.75) is 13.0 Å². The average Bonchev–Trinajstić information content (AvgIpc) is 3.17. The summed E-state index contributed by atoms with van der Waals surface area (Å²) in [6, 6.07) is 3.66. The normalized spacial score (nSPS) is 13.4. The molecule has 13 heteroatoms. The van der Waals surface area contributed by atoms with E-state index < -0.39 is 16.1 Å². The molecule has 0 atom stereocenters. The van der Waals surface area contributed by atoms with Crippen LogP contribution in [-0.4, -0.2) is 40.5 Å². The molecule has 0 amide bonds. The van der Waals surface area contributed by atoms with Crippen LogP contribution in [0.3, 0.4) is 0 Å². The van der Waals surface area contributed by atoms with Crippen molar-refractivity contribution in [1.82, 2.24) is 19.5 Å². The van der Waals surface area contributed by atoms with Crippen molar-refractivity contribution < 1.29 is 22.3 Å². The van der Waals surface area contributed by atoms with E-state index in [2.05, 4.69) is 37.5 Å². The number of fused-ring (bicyclic) bond motifs is 2. The third-order valence-electron chi connectivity index (χ3n) is 4.16. The van der Waals surface area contributed by atoms with Gasteiger partial charge >= 0.3 is 6.08 Å². The molecule has 0 saturated carbocycles.